The average Bonchev–Trinajstić information content (AvgIpc) is 2.99. The molecule has 0 rings (SSSR count). The van der Waals surface area contributed by atoms with Gasteiger partial charge in [0.15, 0.2) is 6.10 Å². The summed E-state index contributed by atoms with van der Waals surface area (Å²) in [6.45, 7) is 4.09. The molecule has 0 spiro atoms. The SMILES string of the molecule is CCCCC/C=C/C/C=C\CCCCCCCC(=O)OC(CO)COC(=O)CCCCCCCCCCCCCCC. The molecule has 0 aromatic rings. The lowest BCUT2D eigenvalue weighted by Crippen LogP contribution is -2.28. The molecule has 5 nitrogen and oxygen atoms in total. The van der Waals surface area contributed by atoms with E-state index in [-0.39, 0.29) is 25.2 Å². The van der Waals surface area contributed by atoms with Crippen LogP contribution in [-0.2, 0) is 19.1 Å². The topological polar surface area (TPSA) is 72.8 Å². The number of unbranched alkanes of at least 4 members (excludes halogenated alkanes) is 20. The van der Waals surface area contributed by atoms with Crippen LogP contribution in [0.15, 0.2) is 24.3 Å². The molecule has 0 saturated carbocycles. The fourth-order valence-electron chi connectivity index (χ4n) is 4.99. The van der Waals surface area contributed by atoms with Gasteiger partial charge in [-0.2, -0.15) is 0 Å². The van der Waals surface area contributed by atoms with Gasteiger partial charge in [0.1, 0.15) is 6.61 Å². The molecule has 0 aliphatic rings. The van der Waals surface area contributed by atoms with Crippen LogP contribution in [0.4, 0.5) is 0 Å². The first-order valence-corrected chi connectivity index (χ1v) is 17.9. The lowest BCUT2D eigenvalue weighted by atomic mass is 10.0. The molecule has 0 fully saturated rings. The molecule has 1 N–H and O–H groups in total. The van der Waals surface area contributed by atoms with Crippen LogP contribution in [0.3, 0.4) is 0 Å². The van der Waals surface area contributed by atoms with Gasteiger partial charge in [-0.3, -0.25) is 9.59 Å². The Labute approximate surface area is 260 Å². The number of esters is 2. The summed E-state index contributed by atoms with van der Waals surface area (Å²) in [4.78, 5) is 24.1. The Bertz CT molecular complexity index is 642. The van der Waals surface area contributed by atoms with Gasteiger partial charge in [0.05, 0.1) is 6.61 Å². The maximum atomic E-state index is 12.1. The van der Waals surface area contributed by atoms with Crippen LogP contribution in [-0.4, -0.2) is 36.4 Å². The molecule has 0 aromatic heterocycles. The summed E-state index contributed by atoms with van der Waals surface area (Å²) in [5, 5.41) is 9.51. The van der Waals surface area contributed by atoms with Gasteiger partial charge in [0, 0.05) is 12.8 Å². The minimum absolute atomic E-state index is 0.0678. The number of aliphatic hydroxyl groups excluding tert-OH is 1. The fraction of sp³-hybridized carbons (Fsp3) is 0.838. The second-order valence-electron chi connectivity index (χ2n) is 12.0. The highest BCUT2D eigenvalue weighted by Crippen LogP contribution is 2.14. The van der Waals surface area contributed by atoms with Crippen LogP contribution in [0, 0.1) is 0 Å². The predicted molar refractivity (Wildman–Crippen MR) is 178 cm³/mol. The van der Waals surface area contributed by atoms with Gasteiger partial charge >= 0.3 is 11.9 Å². The van der Waals surface area contributed by atoms with E-state index in [1.54, 1.807) is 0 Å². The van der Waals surface area contributed by atoms with Gasteiger partial charge in [0.25, 0.3) is 0 Å². The molecule has 0 heterocycles. The third kappa shape index (κ3) is 31.3. The minimum Gasteiger partial charge on any atom is -0.462 e. The van der Waals surface area contributed by atoms with Gasteiger partial charge in [-0.15, -0.1) is 0 Å². The normalized spacial score (nSPS) is 12.4. The summed E-state index contributed by atoms with van der Waals surface area (Å²) in [5.74, 6) is -0.603. The zero-order valence-electron chi connectivity index (χ0n) is 27.8. The molecule has 1 unspecified atom stereocenters. The van der Waals surface area contributed by atoms with Crippen molar-refractivity contribution in [3.8, 4) is 0 Å². The summed E-state index contributed by atoms with van der Waals surface area (Å²) < 4.78 is 10.6. The van der Waals surface area contributed by atoms with Crippen LogP contribution in [0.2, 0.25) is 0 Å². The summed E-state index contributed by atoms with van der Waals surface area (Å²) in [6.07, 6.45) is 38.0. The number of aliphatic hydroxyl groups is 1. The highest BCUT2D eigenvalue weighted by Gasteiger charge is 2.16. The Balaban J connectivity index is 3.59. The predicted octanol–water partition coefficient (Wildman–Crippen LogP) is 10.7. The fourth-order valence-corrected chi connectivity index (χ4v) is 4.99. The second-order valence-corrected chi connectivity index (χ2v) is 12.0. The van der Waals surface area contributed by atoms with E-state index in [1.165, 1.54) is 103 Å². The molecular weight excluding hydrogens is 524 g/mol. The van der Waals surface area contributed by atoms with Crippen molar-refractivity contribution in [2.75, 3.05) is 13.2 Å². The first-order valence-electron chi connectivity index (χ1n) is 17.9. The van der Waals surface area contributed by atoms with Crippen molar-refractivity contribution in [2.24, 2.45) is 0 Å². The molecule has 0 radical (unpaired) electrons. The number of allylic oxidation sites excluding steroid dienone is 4. The van der Waals surface area contributed by atoms with E-state index in [4.69, 9.17) is 9.47 Å². The minimum atomic E-state index is -0.772. The van der Waals surface area contributed by atoms with Crippen molar-refractivity contribution in [1.82, 2.24) is 0 Å². The molecule has 1 atom stereocenters. The van der Waals surface area contributed by atoms with Gasteiger partial charge in [-0.25, -0.2) is 0 Å². The molecule has 0 aromatic carbocycles. The summed E-state index contributed by atoms with van der Waals surface area (Å²) in [5.41, 5.74) is 0. The van der Waals surface area contributed by atoms with Crippen molar-refractivity contribution < 1.29 is 24.2 Å². The van der Waals surface area contributed by atoms with Crippen LogP contribution >= 0.6 is 0 Å². The van der Waals surface area contributed by atoms with Crippen molar-refractivity contribution in [3.05, 3.63) is 24.3 Å². The number of carbonyl (C=O) groups excluding carboxylic acids is 2. The molecule has 0 amide bonds. The average molecular weight is 593 g/mol. The molecule has 0 saturated heterocycles. The van der Waals surface area contributed by atoms with Crippen molar-refractivity contribution in [1.29, 1.82) is 0 Å². The number of carbonyl (C=O) groups is 2. The second kappa shape index (κ2) is 33.9. The first-order chi connectivity index (χ1) is 20.6. The zero-order chi connectivity index (χ0) is 30.8. The molecule has 5 heteroatoms. The maximum absolute atomic E-state index is 12.1. The lowest BCUT2D eigenvalue weighted by molar-refractivity contribution is -0.161. The molecule has 0 aliphatic carbocycles. The lowest BCUT2D eigenvalue weighted by Gasteiger charge is -2.15. The van der Waals surface area contributed by atoms with E-state index in [1.807, 2.05) is 0 Å². The summed E-state index contributed by atoms with van der Waals surface area (Å²) in [7, 11) is 0. The van der Waals surface area contributed by atoms with E-state index in [9.17, 15) is 14.7 Å². The quantitative estimate of drug-likeness (QED) is 0.0478. The number of hydrogen-bond donors (Lipinski definition) is 1. The molecule has 246 valence electrons. The van der Waals surface area contributed by atoms with E-state index in [0.717, 1.165) is 51.4 Å². The van der Waals surface area contributed by atoms with Crippen molar-refractivity contribution in [3.63, 3.8) is 0 Å². The Morgan fingerprint density at radius 2 is 0.952 bits per heavy atom. The Morgan fingerprint density at radius 3 is 1.45 bits per heavy atom. The van der Waals surface area contributed by atoms with Crippen molar-refractivity contribution in [2.45, 2.75) is 187 Å². The first kappa shape index (κ1) is 40.4. The smallest absolute Gasteiger partial charge is 0.306 e. The van der Waals surface area contributed by atoms with Crippen LogP contribution < -0.4 is 0 Å². The number of ether oxygens (including phenoxy) is 2. The van der Waals surface area contributed by atoms with E-state index >= 15 is 0 Å². The van der Waals surface area contributed by atoms with Gasteiger partial charge in [-0.1, -0.05) is 147 Å². The Morgan fingerprint density at radius 1 is 0.548 bits per heavy atom. The largest absolute Gasteiger partial charge is 0.462 e. The maximum Gasteiger partial charge on any atom is 0.306 e. The molecule has 42 heavy (non-hydrogen) atoms. The van der Waals surface area contributed by atoms with Gasteiger partial charge in [0.2, 0.25) is 0 Å². The highest BCUT2D eigenvalue weighted by molar-refractivity contribution is 5.70. The van der Waals surface area contributed by atoms with Gasteiger partial charge < -0.3 is 14.6 Å². The summed E-state index contributed by atoms with van der Waals surface area (Å²) >= 11 is 0. The molecule has 0 aliphatic heterocycles. The van der Waals surface area contributed by atoms with E-state index in [0.29, 0.717) is 12.8 Å². The third-order valence-electron chi connectivity index (χ3n) is 7.75. The number of hydrogen-bond acceptors (Lipinski definition) is 5. The van der Waals surface area contributed by atoms with Crippen LogP contribution in [0.1, 0.15) is 181 Å². The molecular formula is C37H68O5. The van der Waals surface area contributed by atoms with Crippen LogP contribution in [0.25, 0.3) is 0 Å². The number of rotatable bonds is 32. The Hall–Kier alpha value is -1.62. The highest BCUT2D eigenvalue weighted by atomic mass is 16.6. The van der Waals surface area contributed by atoms with E-state index < -0.39 is 6.10 Å². The third-order valence-corrected chi connectivity index (χ3v) is 7.75. The standard InChI is InChI=1S/C37H68O5/c1-3-5-7-9-11-13-15-17-18-20-22-24-26-28-30-32-37(40)42-35(33-38)34-41-36(39)31-29-27-25-23-21-19-16-14-12-10-8-6-4-2/h11,13,17-18,35,38H,3-10,12,14-16,19-34H2,1-2H3/b13-11+,18-17-. The molecule has 0 bridgehead atoms. The van der Waals surface area contributed by atoms with Crippen LogP contribution in [0.5, 0.6) is 0 Å². The summed E-state index contributed by atoms with van der Waals surface area (Å²) in [6, 6.07) is 0. The monoisotopic (exact) mass is 593 g/mol. The zero-order valence-corrected chi connectivity index (χ0v) is 27.8. The van der Waals surface area contributed by atoms with E-state index in [2.05, 4.69) is 38.2 Å². The van der Waals surface area contributed by atoms with Gasteiger partial charge in [-0.05, 0) is 44.9 Å². The Kier molecular flexibility index (Phi) is 32.6. The van der Waals surface area contributed by atoms with Crippen molar-refractivity contribution >= 4 is 11.9 Å².